The van der Waals surface area contributed by atoms with E-state index in [1.54, 1.807) is 0 Å². The molecule has 26 heavy (non-hydrogen) atoms. The second-order valence-corrected chi connectivity index (χ2v) is 7.62. The first-order valence-electron chi connectivity index (χ1n) is 8.89. The second-order valence-electron chi connectivity index (χ2n) is 6.68. The van der Waals surface area contributed by atoms with Gasteiger partial charge < -0.3 is 10.6 Å². The van der Waals surface area contributed by atoms with Crippen molar-refractivity contribution in [3.05, 3.63) is 36.9 Å². The predicted octanol–water partition coefficient (Wildman–Crippen LogP) is 3.06. The Kier molecular flexibility index (Phi) is 5.98. The van der Waals surface area contributed by atoms with Gasteiger partial charge in [0, 0.05) is 30.9 Å². The molecule has 1 aromatic heterocycles. The molecule has 7 heteroatoms. The molecule has 0 radical (unpaired) electrons. The number of nitrogens with zero attached hydrogens (tertiary/aromatic N) is 4. The largest absolute Gasteiger partial charge is 0.399 e. The molecule has 6 nitrogen and oxygen atoms in total. The second kappa shape index (κ2) is 8.40. The van der Waals surface area contributed by atoms with Crippen LogP contribution < -0.4 is 5.73 Å². The van der Waals surface area contributed by atoms with E-state index in [2.05, 4.69) is 23.7 Å². The maximum Gasteiger partial charge on any atom is 0.233 e. The molecule has 0 unspecified atom stereocenters. The number of nitrogen functional groups attached to an aromatic ring is 1. The van der Waals surface area contributed by atoms with Crippen LogP contribution in [0.3, 0.4) is 0 Å². The molecule has 1 saturated heterocycles. The number of benzene rings is 1. The number of nitrogens with two attached hydrogens (primary N) is 1. The van der Waals surface area contributed by atoms with E-state index >= 15 is 0 Å². The molecular formula is C19H25N5OS. The number of rotatable bonds is 6. The molecular weight excluding hydrogens is 346 g/mol. The van der Waals surface area contributed by atoms with Crippen LogP contribution in [0.1, 0.15) is 19.8 Å². The molecule has 1 aliphatic heterocycles. The highest BCUT2D eigenvalue weighted by molar-refractivity contribution is 7.99. The number of allylic oxidation sites excluding steroid dienone is 1. The van der Waals surface area contributed by atoms with Crippen molar-refractivity contribution in [2.45, 2.75) is 31.5 Å². The number of likely N-dealkylation sites (tertiary alicyclic amines) is 1. The average molecular weight is 372 g/mol. The Balaban J connectivity index is 1.70. The van der Waals surface area contributed by atoms with Crippen molar-refractivity contribution >= 4 is 23.4 Å². The van der Waals surface area contributed by atoms with Crippen molar-refractivity contribution < 1.29 is 4.79 Å². The summed E-state index contributed by atoms with van der Waals surface area (Å²) >= 11 is 1.43. The average Bonchev–Trinajstić information content (AvgIpc) is 3.04. The van der Waals surface area contributed by atoms with Crippen molar-refractivity contribution in [1.82, 2.24) is 19.7 Å². The van der Waals surface area contributed by atoms with Crippen molar-refractivity contribution in [3.63, 3.8) is 0 Å². The Bertz CT molecular complexity index is 763. The van der Waals surface area contributed by atoms with E-state index in [9.17, 15) is 4.79 Å². The number of hydrogen-bond donors (Lipinski definition) is 1. The van der Waals surface area contributed by atoms with Gasteiger partial charge in [0.25, 0.3) is 0 Å². The van der Waals surface area contributed by atoms with Crippen LogP contribution in [0.2, 0.25) is 0 Å². The third-order valence-corrected chi connectivity index (χ3v) is 5.61. The zero-order chi connectivity index (χ0) is 18.5. The number of hydrogen-bond acceptors (Lipinski definition) is 5. The minimum atomic E-state index is 0.170. The summed E-state index contributed by atoms with van der Waals surface area (Å²) in [5.74, 6) is 2.02. The summed E-state index contributed by atoms with van der Waals surface area (Å²) in [5, 5.41) is 9.33. The third kappa shape index (κ3) is 4.27. The molecule has 0 spiro atoms. The normalized spacial score (nSPS) is 15.2. The number of piperidine rings is 1. The molecule has 1 aliphatic rings. The van der Waals surface area contributed by atoms with Crippen LogP contribution in [0.5, 0.6) is 0 Å². The van der Waals surface area contributed by atoms with Crippen LogP contribution in [-0.4, -0.2) is 44.4 Å². The first kappa shape index (κ1) is 18.5. The van der Waals surface area contributed by atoms with Gasteiger partial charge in [0.05, 0.1) is 5.75 Å². The van der Waals surface area contributed by atoms with Crippen LogP contribution in [0.4, 0.5) is 5.69 Å². The molecule has 0 atom stereocenters. The van der Waals surface area contributed by atoms with Crippen LogP contribution in [-0.2, 0) is 11.3 Å². The highest BCUT2D eigenvalue weighted by Gasteiger charge is 2.21. The number of carbonyl (C=O) groups excluding carboxylic acids is 1. The Morgan fingerprint density at radius 1 is 1.31 bits per heavy atom. The summed E-state index contributed by atoms with van der Waals surface area (Å²) in [7, 11) is 0. The number of thioether (sulfide) groups is 1. The van der Waals surface area contributed by atoms with E-state index in [4.69, 9.17) is 5.73 Å². The summed E-state index contributed by atoms with van der Waals surface area (Å²) in [5.41, 5.74) is 7.41. The quantitative estimate of drug-likeness (QED) is 0.480. The van der Waals surface area contributed by atoms with E-state index in [1.165, 1.54) is 11.8 Å². The molecule has 0 aliphatic carbocycles. The number of amides is 1. The SMILES string of the molecule is C=CCn1c(SCC(=O)N2CCC(C)CC2)nnc1-c1ccc(N)cc1. The van der Waals surface area contributed by atoms with Gasteiger partial charge in [-0.2, -0.15) is 0 Å². The van der Waals surface area contributed by atoms with Gasteiger partial charge in [0.15, 0.2) is 11.0 Å². The lowest BCUT2D eigenvalue weighted by atomic mass is 9.99. The number of anilines is 1. The van der Waals surface area contributed by atoms with Crippen LogP contribution in [0.15, 0.2) is 42.1 Å². The Labute approximate surface area is 158 Å². The van der Waals surface area contributed by atoms with Crippen molar-refractivity contribution in [2.75, 3.05) is 24.6 Å². The highest BCUT2D eigenvalue weighted by atomic mass is 32.2. The molecule has 138 valence electrons. The van der Waals surface area contributed by atoms with Crippen molar-refractivity contribution in [2.24, 2.45) is 5.92 Å². The molecule has 0 bridgehead atoms. The smallest absolute Gasteiger partial charge is 0.233 e. The van der Waals surface area contributed by atoms with Gasteiger partial charge >= 0.3 is 0 Å². The minimum Gasteiger partial charge on any atom is -0.399 e. The summed E-state index contributed by atoms with van der Waals surface area (Å²) < 4.78 is 1.98. The number of carbonyl (C=O) groups is 1. The van der Waals surface area contributed by atoms with Gasteiger partial charge in [-0.1, -0.05) is 24.8 Å². The maximum absolute atomic E-state index is 12.5. The Morgan fingerprint density at radius 2 is 2.00 bits per heavy atom. The first-order valence-corrected chi connectivity index (χ1v) is 9.87. The molecule has 1 aromatic carbocycles. The highest BCUT2D eigenvalue weighted by Crippen LogP contribution is 2.25. The van der Waals surface area contributed by atoms with Crippen LogP contribution in [0.25, 0.3) is 11.4 Å². The molecule has 1 amide bonds. The fourth-order valence-electron chi connectivity index (χ4n) is 3.01. The zero-order valence-electron chi connectivity index (χ0n) is 15.1. The van der Waals surface area contributed by atoms with Gasteiger partial charge in [0.2, 0.25) is 5.91 Å². The maximum atomic E-state index is 12.5. The zero-order valence-corrected chi connectivity index (χ0v) is 15.9. The van der Waals surface area contributed by atoms with Gasteiger partial charge in [-0.3, -0.25) is 9.36 Å². The lowest BCUT2D eigenvalue weighted by Gasteiger charge is -2.30. The third-order valence-electron chi connectivity index (χ3n) is 4.66. The minimum absolute atomic E-state index is 0.170. The van der Waals surface area contributed by atoms with E-state index in [1.807, 2.05) is 39.8 Å². The monoisotopic (exact) mass is 371 g/mol. The van der Waals surface area contributed by atoms with Gasteiger partial charge in [-0.05, 0) is 43.0 Å². The summed E-state index contributed by atoms with van der Waals surface area (Å²) in [6, 6.07) is 7.53. The Hall–Kier alpha value is -2.28. The fourth-order valence-corrected chi connectivity index (χ4v) is 3.86. The van der Waals surface area contributed by atoms with Crippen molar-refractivity contribution in [1.29, 1.82) is 0 Å². The fraction of sp³-hybridized carbons (Fsp3) is 0.421. The van der Waals surface area contributed by atoms with Gasteiger partial charge in [-0.15, -0.1) is 16.8 Å². The Morgan fingerprint density at radius 3 is 2.65 bits per heavy atom. The van der Waals surface area contributed by atoms with E-state index in [0.717, 1.165) is 42.5 Å². The summed E-state index contributed by atoms with van der Waals surface area (Å²) in [6.07, 6.45) is 3.98. The first-order chi connectivity index (χ1) is 12.6. The molecule has 2 heterocycles. The molecule has 0 saturated carbocycles. The lowest BCUT2D eigenvalue weighted by molar-refractivity contribution is -0.129. The number of aromatic nitrogens is 3. The standard InChI is InChI=1S/C19H25N5OS/c1-3-10-24-18(15-4-6-16(20)7-5-15)21-22-19(24)26-13-17(25)23-11-8-14(2)9-12-23/h3-7,14H,1,8-13,20H2,2H3. The molecule has 3 rings (SSSR count). The van der Waals surface area contributed by atoms with Crippen LogP contribution >= 0.6 is 11.8 Å². The van der Waals surface area contributed by atoms with Gasteiger partial charge in [0.1, 0.15) is 0 Å². The van der Waals surface area contributed by atoms with Gasteiger partial charge in [-0.25, -0.2) is 0 Å². The molecule has 2 aromatic rings. The van der Waals surface area contributed by atoms with E-state index in [-0.39, 0.29) is 5.91 Å². The summed E-state index contributed by atoms with van der Waals surface area (Å²) in [6.45, 7) is 8.37. The molecule has 2 N–H and O–H groups in total. The van der Waals surface area contributed by atoms with Crippen LogP contribution in [0, 0.1) is 5.92 Å². The van der Waals surface area contributed by atoms with E-state index in [0.29, 0.717) is 23.9 Å². The summed E-state index contributed by atoms with van der Waals surface area (Å²) in [4.78, 5) is 14.4. The predicted molar refractivity (Wildman–Crippen MR) is 106 cm³/mol. The lowest BCUT2D eigenvalue weighted by Crippen LogP contribution is -2.38. The van der Waals surface area contributed by atoms with E-state index < -0.39 is 0 Å². The topological polar surface area (TPSA) is 77.0 Å². The van der Waals surface area contributed by atoms with Crippen molar-refractivity contribution in [3.8, 4) is 11.4 Å². The molecule has 1 fully saturated rings.